The standard InChI is InChI=1S/C25H34N6.HI/c1-3-20-19-30(18-15-22(20)21-11-6-5-7-12-21)25(26-4-2)27-16-10-14-24-29-28-23-13-8-9-17-31(23)24;/h5-9,11-13,17,20,22H,3-4,10,14-16,18-19H2,1-2H3,(H,26,27);1H. The molecule has 172 valence electrons. The monoisotopic (exact) mass is 546 g/mol. The summed E-state index contributed by atoms with van der Waals surface area (Å²) in [7, 11) is 0. The van der Waals surface area contributed by atoms with Crippen LogP contribution in [0.15, 0.2) is 59.7 Å². The van der Waals surface area contributed by atoms with E-state index in [2.05, 4.69) is 69.0 Å². The number of hydrogen-bond donors (Lipinski definition) is 1. The molecule has 2 aromatic heterocycles. The van der Waals surface area contributed by atoms with Crippen LogP contribution in [0, 0.1) is 5.92 Å². The zero-order valence-electron chi connectivity index (χ0n) is 19.2. The second-order valence-corrected chi connectivity index (χ2v) is 8.30. The van der Waals surface area contributed by atoms with Crippen LogP contribution in [0.5, 0.6) is 0 Å². The van der Waals surface area contributed by atoms with Gasteiger partial charge in [-0.25, -0.2) is 0 Å². The maximum atomic E-state index is 4.96. The molecule has 1 aliphatic rings. The van der Waals surface area contributed by atoms with Crippen molar-refractivity contribution in [3.63, 3.8) is 0 Å². The number of aromatic nitrogens is 3. The number of aryl methyl sites for hydroxylation is 1. The van der Waals surface area contributed by atoms with Gasteiger partial charge in [0.2, 0.25) is 0 Å². The molecule has 1 N–H and O–H groups in total. The highest BCUT2D eigenvalue weighted by Crippen LogP contribution is 2.34. The molecule has 1 aromatic carbocycles. The summed E-state index contributed by atoms with van der Waals surface area (Å²) in [6.45, 7) is 8.26. The highest BCUT2D eigenvalue weighted by Gasteiger charge is 2.30. The predicted octanol–water partition coefficient (Wildman–Crippen LogP) is 4.76. The van der Waals surface area contributed by atoms with Crippen LogP contribution in [-0.4, -0.2) is 51.6 Å². The number of benzene rings is 1. The number of likely N-dealkylation sites (tertiary alicyclic amines) is 1. The molecule has 2 atom stereocenters. The van der Waals surface area contributed by atoms with Gasteiger partial charge in [0.05, 0.1) is 0 Å². The van der Waals surface area contributed by atoms with Crippen LogP contribution in [0.4, 0.5) is 0 Å². The molecule has 4 rings (SSSR count). The van der Waals surface area contributed by atoms with Crippen LogP contribution in [0.2, 0.25) is 0 Å². The summed E-state index contributed by atoms with van der Waals surface area (Å²) in [5.74, 6) is 3.36. The Bertz CT molecular complexity index is 986. The molecular weight excluding hydrogens is 511 g/mol. The third-order valence-corrected chi connectivity index (χ3v) is 6.32. The number of piperidine rings is 1. The number of pyridine rings is 1. The molecule has 1 saturated heterocycles. The summed E-state index contributed by atoms with van der Waals surface area (Å²) >= 11 is 0. The quantitative estimate of drug-likeness (QED) is 0.201. The minimum Gasteiger partial charge on any atom is -0.357 e. The van der Waals surface area contributed by atoms with Crippen molar-refractivity contribution in [2.75, 3.05) is 26.2 Å². The molecule has 1 aliphatic heterocycles. The molecule has 6 nitrogen and oxygen atoms in total. The number of nitrogens with one attached hydrogen (secondary N) is 1. The molecule has 2 unspecified atom stereocenters. The summed E-state index contributed by atoms with van der Waals surface area (Å²) in [5.41, 5.74) is 2.39. The first-order chi connectivity index (χ1) is 15.3. The Balaban J connectivity index is 0.00000289. The number of halogens is 1. The first-order valence-corrected chi connectivity index (χ1v) is 11.7. The van der Waals surface area contributed by atoms with E-state index in [1.165, 1.54) is 18.4 Å². The van der Waals surface area contributed by atoms with E-state index in [0.717, 1.165) is 56.5 Å². The summed E-state index contributed by atoms with van der Waals surface area (Å²) in [4.78, 5) is 7.42. The van der Waals surface area contributed by atoms with Gasteiger partial charge in [0.25, 0.3) is 0 Å². The smallest absolute Gasteiger partial charge is 0.193 e. The van der Waals surface area contributed by atoms with Gasteiger partial charge in [-0.2, -0.15) is 0 Å². The maximum absolute atomic E-state index is 4.96. The second kappa shape index (κ2) is 12.2. The van der Waals surface area contributed by atoms with E-state index in [4.69, 9.17) is 4.99 Å². The first-order valence-electron chi connectivity index (χ1n) is 11.7. The number of aliphatic imine (C=N–C) groups is 1. The van der Waals surface area contributed by atoms with Crippen molar-refractivity contribution in [2.24, 2.45) is 10.9 Å². The first kappa shape index (κ1) is 24.5. The molecule has 7 heteroatoms. The average molecular weight is 547 g/mol. The van der Waals surface area contributed by atoms with Crippen molar-refractivity contribution >= 4 is 35.6 Å². The van der Waals surface area contributed by atoms with Crippen molar-refractivity contribution in [1.29, 1.82) is 0 Å². The number of nitrogens with zero attached hydrogens (tertiary/aromatic N) is 5. The van der Waals surface area contributed by atoms with Gasteiger partial charge in [-0.15, -0.1) is 34.2 Å². The Hall–Kier alpha value is -2.16. The lowest BCUT2D eigenvalue weighted by Crippen LogP contribution is -2.48. The van der Waals surface area contributed by atoms with Crippen molar-refractivity contribution in [3.05, 3.63) is 66.1 Å². The molecule has 0 aliphatic carbocycles. The fourth-order valence-electron chi connectivity index (χ4n) is 4.69. The normalized spacial score (nSPS) is 19.1. The number of rotatable bonds is 7. The van der Waals surface area contributed by atoms with Gasteiger partial charge in [0.1, 0.15) is 5.82 Å². The van der Waals surface area contributed by atoms with E-state index in [9.17, 15) is 0 Å². The zero-order valence-corrected chi connectivity index (χ0v) is 21.5. The molecule has 0 saturated carbocycles. The van der Waals surface area contributed by atoms with Crippen molar-refractivity contribution < 1.29 is 0 Å². The minimum absolute atomic E-state index is 0. The fourth-order valence-corrected chi connectivity index (χ4v) is 4.69. The van der Waals surface area contributed by atoms with Gasteiger partial charge in [-0.3, -0.25) is 9.39 Å². The van der Waals surface area contributed by atoms with E-state index < -0.39 is 0 Å². The average Bonchev–Trinajstić information content (AvgIpc) is 3.24. The summed E-state index contributed by atoms with van der Waals surface area (Å²) < 4.78 is 2.06. The van der Waals surface area contributed by atoms with E-state index in [0.29, 0.717) is 11.8 Å². The second-order valence-electron chi connectivity index (χ2n) is 8.30. The minimum atomic E-state index is 0. The van der Waals surface area contributed by atoms with Gasteiger partial charge < -0.3 is 10.2 Å². The summed E-state index contributed by atoms with van der Waals surface area (Å²) in [6.07, 6.45) is 6.23. The molecule has 1 fully saturated rings. The number of hydrogen-bond acceptors (Lipinski definition) is 3. The highest BCUT2D eigenvalue weighted by molar-refractivity contribution is 14.0. The fraction of sp³-hybridized carbons (Fsp3) is 0.480. The van der Waals surface area contributed by atoms with E-state index in [-0.39, 0.29) is 24.0 Å². The number of guanidine groups is 1. The van der Waals surface area contributed by atoms with Gasteiger partial charge in [0.15, 0.2) is 11.6 Å². The highest BCUT2D eigenvalue weighted by atomic mass is 127. The Morgan fingerprint density at radius 1 is 1.09 bits per heavy atom. The summed E-state index contributed by atoms with van der Waals surface area (Å²) in [5, 5.41) is 12.1. The van der Waals surface area contributed by atoms with E-state index >= 15 is 0 Å². The van der Waals surface area contributed by atoms with E-state index in [1.807, 2.05) is 24.4 Å². The topological polar surface area (TPSA) is 57.8 Å². The van der Waals surface area contributed by atoms with Crippen LogP contribution in [0.25, 0.3) is 5.65 Å². The van der Waals surface area contributed by atoms with E-state index in [1.54, 1.807) is 0 Å². The van der Waals surface area contributed by atoms with Crippen LogP contribution in [0.1, 0.15) is 50.4 Å². The molecule has 3 heterocycles. The summed E-state index contributed by atoms with van der Waals surface area (Å²) in [6, 6.07) is 17.0. The molecule has 3 aromatic rings. The SMILES string of the molecule is CCNC(=NCCCc1nnc2ccccn12)N1CCC(c2ccccc2)C(CC)C1.I. The Morgan fingerprint density at radius 3 is 2.69 bits per heavy atom. The van der Waals surface area contributed by atoms with Crippen LogP contribution in [-0.2, 0) is 6.42 Å². The molecule has 0 bridgehead atoms. The lowest BCUT2D eigenvalue weighted by atomic mass is 9.79. The lowest BCUT2D eigenvalue weighted by molar-refractivity contribution is 0.215. The van der Waals surface area contributed by atoms with Gasteiger partial charge >= 0.3 is 0 Å². The van der Waals surface area contributed by atoms with Crippen LogP contribution in [0.3, 0.4) is 0 Å². The van der Waals surface area contributed by atoms with Crippen molar-refractivity contribution in [1.82, 2.24) is 24.8 Å². The molecule has 0 amide bonds. The van der Waals surface area contributed by atoms with Gasteiger partial charge in [-0.05, 0) is 49.3 Å². The van der Waals surface area contributed by atoms with Gasteiger partial charge in [-0.1, -0.05) is 49.7 Å². The Morgan fingerprint density at radius 2 is 1.91 bits per heavy atom. The van der Waals surface area contributed by atoms with Crippen LogP contribution < -0.4 is 5.32 Å². The Labute approximate surface area is 208 Å². The van der Waals surface area contributed by atoms with Crippen LogP contribution >= 0.6 is 24.0 Å². The number of fused-ring (bicyclic) bond motifs is 1. The third kappa shape index (κ3) is 5.79. The lowest BCUT2D eigenvalue weighted by Gasteiger charge is -2.40. The largest absolute Gasteiger partial charge is 0.357 e. The predicted molar refractivity (Wildman–Crippen MR) is 142 cm³/mol. The van der Waals surface area contributed by atoms with Crippen molar-refractivity contribution in [2.45, 2.75) is 45.4 Å². The molecule has 0 spiro atoms. The molecular formula is C25H35IN6. The third-order valence-electron chi connectivity index (χ3n) is 6.32. The molecule has 0 radical (unpaired) electrons. The molecule has 32 heavy (non-hydrogen) atoms. The Kier molecular flexibility index (Phi) is 9.32. The van der Waals surface area contributed by atoms with Crippen molar-refractivity contribution in [3.8, 4) is 0 Å². The zero-order chi connectivity index (χ0) is 21.5. The maximum Gasteiger partial charge on any atom is 0.193 e. The van der Waals surface area contributed by atoms with Gasteiger partial charge in [0, 0.05) is 38.8 Å².